The molecule has 6 heteroatoms. The Morgan fingerprint density at radius 3 is 2.67 bits per heavy atom. The molecule has 0 bridgehead atoms. The topological polar surface area (TPSA) is 68.0 Å². The van der Waals surface area contributed by atoms with E-state index in [9.17, 15) is 4.79 Å². The average molecular weight is 232 g/mol. The number of amides is 1. The number of carbonyl (C=O) groups excluding carboxylic acids is 1. The third-order valence-corrected chi connectivity index (χ3v) is 1.94. The number of nitrogens with one attached hydrogen (secondary N) is 1. The summed E-state index contributed by atoms with van der Waals surface area (Å²) >= 11 is 5.32. The molecule has 1 aromatic heterocycles. The predicted octanol–water partition coefficient (Wildman–Crippen LogP) is 1.22. The summed E-state index contributed by atoms with van der Waals surface area (Å²) < 4.78 is 4.97. The summed E-state index contributed by atoms with van der Waals surface area (Å²) in [6.07, 6.45) is 0. The Bertz CT molecular complexity index is 343. The van der Waals surface area contributed by atoms with Crippen molar-refractivity contribution in [2.75, 3.05) is 5.88 Å². The molecule has 1 heterocycles. The number of hydrogen-bond donors (Lipinski definition) is 1. The van der Waals surface area contributed by atoms with Crippen LogP contribution in [0, 0.1) is 0 Å². The van der Waals surface area contributed by atoms with Gasteiger partial charge in [-0.3, -0.25) is 4.79 Å². The van der Waals surface area contributed by atoms with E-state index in [-0.39, 0.29) is 23.7 Å². The lowest BCUT2D eigenvalue weighted by molar-refractivity contribution is -0.118. The summed E-state index contributed by atoms with van der Waals surface area (Å²) in [5.41, 5.74) is -0.155. The van der Waals surface area contributed by atoms with E-state index in [0.29, 0.717) is 11.7 Å². The van der Waals surface area contributed by atoms with Gasteiger partial charge in [0.05, 0.1) is 6.54 Å². The van der Waals surface area contributed by atoms with Gasteiger partial charge in [-0.1, -0.05) is 25.9 Å². The van der Waals surface area contributed by atoms with Gasteiger partial charge in [0.25, 0.3) is 0 Å². The minimum atomic E-state index is -0.257. The lowest BCUT2D eigenvalue weighted by atomic mass is 9.96. The molecule has 0 unspecified atom stereocenters. The zero-order chi connectivity index (χ0) is 11.5. The molecule has 0 radical (unpaired) electrons. The molecule has 0 aliphatic heterocycles. The summed E-state index contributed by atoms with van der Waals surface area (Å²) in [6, 6.07) is 0. The molecule has 0 aromatic carbocycles. The smallest absolute Gasteiger partial charge is 0.246 e. The highest BCUT2D eigenvalue weighted by molar-refractivity contribution is 6.27. The van der Waals surface area contributed by atoms with Gasteiger partial charge < -0.3 is 9.84 Å². The second-order valence-corrected chi connectivity index (χ2v) is 4.44. The summed E-state index contributed by atoms with van der Waals surface area (Å²) in [4.78, 5) is 15.0. The monoisotopic (exact) mass is 231 g/mol. The molecule has 84 valence electrons. The first kappa shape index (κ1) is 12.0. The Labute approximate surface area is 93.2 Å². The third kappa shape index (κ3) is 3.51. The van der Waals surface area contributed by atoms with Crippen molar-refractivity contribution >= 4 is 17.5 Å². The van der Waals surface area contributed by atoms with Crippen LogP contribution >= 0.6 is 11.6 Å². The SMILES string of the molecule is CC(C)(C)c1noc(CNC(=O)CCl)n1. The van der Waals surface area contributed by atoms with E-state index >= 15 is 0 Å². The van der Waals surface area contributed by atoms with E-state index in [2.05, 4.69) is 15.5 Å². The van der Waals surface area contributed by atoms with Gasteiger partial charge in [0.15, 0.2) is 5.82 Å². The maximum atomic E-state index is 10.9. The standard InChI is InChI=1S/C9H14ClN3O2/c1-9(2,3)8-12-7(15-13-8)5-11-6(14)4-10/h4-5H2,1-3H3,(H,11,14). The predicted molar refractivity (Wildman–Crippen MR) is 55.6 cm³/mol. The molecule has 0 atom stereocenters. The zero-order valence-corrected chi connectivity index (χ0v) is 9.76. The first-order chi connectivity index (χ1) is 6.93. The summed E-state index contributed by atoms with van der Waals surface area (Å²) in [6.45, 7) is 6.17. The first-order valence-electron chi connectivity index (χ1n) is 4.59. The first-order valence-corrected chi connectivity index (χ1v) is 5.12. The van der Waals surface area contributed by atoms with Crippen molar-refractivity contribution in [2.45, 2.75) is 32.7 Å². The molecule has 1 aromatic rings. The van der Waals surface area contributed by atoms with Crippen molar-refractivity contribution in [3.05, 3.63) is 11.7 Å². The molecule has 1 amide bonds. The Hall–Kier alpha value is -1.10. The molecular formula is C9H14ClN3O2. The van der Waals surface area contributed by atoms with Crippen LogP contribution in [0.3, 0.4) is 0 Å². The number of halogens is 1. The third-order valence-electron chi connectivity index (χ3n) is 1.70. The molecule has 0 aliphatic rings. The minimum Gasteiger partial charge on any atom is -0.346 e. The average Bonchev–Trinajstić information content (AvgIpc) is 2.61. The van der Waals surface area contributed by atoms with E-state index in [1.165, 1.54) is 0 Å². The van der Waals surface area contributed by atoms with Crippen LogP contribution in [0.2, 0.25) is 0 Å². The van der Waals surface area contributed by atoms with Gasteiger partial charge >= 0.3 is 0 Å². The molecular weight excluding hydrogens is 218 g/mol. The van der Waals surface area contributed by atoms with Crippen LogP contribution in [0.4, 0.5) is 0 Å². The van der Waals surface area contributed by atoms with Crippen LogP contribution in [0.5, 0.6) is 0 Å². The molecule has 5 nitrogen and oxygen atoms in total. The number of aromatic nitrogens is 2. The van der Waals surface area contributed by atoms with Crippen LogP contribution in [0.15, 0.2) is 4.52 Å². The Morgan fingerprint density at radius 2 is 2.20 bits per heavy atom. The molecule has 15 heavy (non-hydrogen) atoms. The van der Waals surface area contributed by atoms with E-state index in [4.69, 9.17) is 16.1 Å². The molecule has 0 aliphatic carbocycles. The fourth-order valence-electron chi connectivity index (χ4n) is 0.853. The molecule has 0 saturated heterocycles. The number of nitrogens with zero attached hydrogens (tertiary/aromatic N) is 2. The molecule has 0 spiro atoms. The molecule has 1 rings (SSSR count). The van der Waals surface area contributed by atoms with Crippen LogP contribution < -0.4 is 5.32 Å². The van der Waals surface area contributed by atoms with Gasteiger partial charge in [-0.05, 0) is 0 Å². The lowest BCUT2D eigenvalue weighted by Crippen LogP contribution is -2.24. The van der Waals surface area contributed by atoms with Gasteiger partial charge in [0.2, 0.25) is 11.8 Å². The van der Waals surface area contributed by atoms with Gasteiger partial charge in [-0.15, -0.1) is 11.6 Å². The molecule has 1 N–H and O–H groups in total. The summed E-state index contributed by atoms with van der Waals surface area (Å²) in [5.74, 6) is 0.684. The number of rotatable bonds is 3. The van der Waals surface area contributed by atoms with Gasteiger partial charge in [0, 0.05) is 5.41 Å². The Morgan fingerprint density at radius 1 is 1.53 bits per heavy atom. The van der Waals surface area contributed by atoms with E-state index in [1.54, 1.807) is 0 Å². The van der Waals surface area contributed by atoms with E-state index in [0.717, 1.165) is 0 Å². The summed E-state index contributed by atoms with van der Waals surface area (Å²) in [7, 11) is 0. The largest absolute Gasteiger partial charge is 0.346 e. The van der Waals surface area contributed by atoms with Crippen molar-refractivity contribution < 1.29 is 9.32 Å². The van der Waals surface area contributed by atoms with Crippen molar-refractivity contribution in [2.24, 2.45) is 0 Å². The maximum Gasteiger partial charge on any atom is 0.246 e. The molecule has 0 fully saturated rings. The number of hydrogen-bond acceptors (Lipinski definition) is 4. The van der Waals surface area contributed by atoms with Crippen LogP contribution in [-0.2, 0) is 16.8 Å². The highest BCUT2D eigenvalue weighted by Crippen LogP contribution is 2.18. The number of alkyl halides is 1. The quantitative estimate of drug-likeness (QED) is 0.795. The van der Waals surface area contributed by atoms with Crippen LogP contribution in [0.1, 0.15) is 32.5 Å². The van der Waals surface area contributed by atoms with Crippen molar-refractivity contribution in [1.82, 2.24) is 15.5 Å². The van der Waals surface area contributed by atoms with E-state index in [1.807, 2.05) is 20.8 Å². The second kappa shape index (κ2) is 4.61. The van der Waals surface area contributed by atoms with Gasteiger partial charge in [0.1, 0.15) is 5.88 Å². The Kier molecular flexibility index (Phi) is 3.68. The fourth-order valence-corrected chi connectivity index (χ4v) is 0.947. The van der Waals surface area contributed by atoms with Crippen molar-refractivity contribution in [3.63, 3.8) is 0 Å². The highest BCUT2D eigenvalue weighted by atomic mass is 35.5. The van der Waals surface area contributed by atoms with Crippen molar-refractivity contribution in [1.29, 1.82) is 0 Å². The fraction of sp³-hybridized carbons (Fsp3) is 0.667. The van der Waals surface area contributed by atoms with Gasteiger partial charge in [-0.25, -0.2) is 0 Å². The number of carbonyl (C=O) groups is 1. The van der Waals surface area contributed by atoms with E-state index < -0.39 is 0 Å². The van der Waals surface area contributed by atoms with Crippen LogP contribution in [-0.4, -0.2) is 21.9 Å². The minimum absolute atomic E-state index is 0.0692. The van der Waals surface area contributed by atoms with Crippen LogP contribution in [0.25, 0.3) is 0 Å². The van der Waals surface area contributed by atoms with Crippen molar-refractivity contribution in [3.8, 4) is 0 Å². The normalized spacial score (nSPS) is 11.5. The summed E-state index contributed by atoms with van der Waals surface area (Å²) in [5, 5.41) is 6.37. The second-order valence-electron chi connectivity index (χ2n) is 4.17. The highest BCUT2D eigenvalue weighted by Gasteiger charge is 2.20. The maximum absolute atomic E-state index is 10.9. The Balaban J connectivity index is 2.58. The molecule has 0 saturated carbocycles. The lowest BCUT2D eigenvalue weighted by Gasteiger charge is -2.10. The van der Waals surface area contributed by atoms with Gasteiger partial charge in [-0.2, -0.15) is 4.98 Å². The zero-order valence-electron chi connectivity index (χ0n) is 9.00.